The van der Waals surface area contributed by atoms with Crippen LogP contribution in [0.4, 0.5) is 0 Å². The maximum absolute atomic E-state index is 12.6. The van der Waals surface area contributed by atoms with Crippen LogP contribution in [0, 0.1) is 0 Å². The van der Waals surface area contributed by atoms with E-state index < -0.39 is 0 Å². The van der Waals surface area contributed by atoms with Crippen LogP contribution in [0.5, 0.6) is 0 Å². The van der Waals surface area contributed by atoms with Gasteiger partial charge in [0, 0.05) is 36.5 Å². The Morgan fingerprint density at radius 3 is 2.81 bits per heavy atom. The van der Waals surface area contributed by atoms with Crippen molar-refractivity contribution in [2.24, 2.45) is 7.05 Å². The van der Waals surface area contributed by atoms with Gasteiger partial charge in [-0.05, 0) is 26.3 Å². The lowest BCUT2D eigenvalue weighted by atomic mass is 10.2. The van der Waals surface area contributed by atoms with E-state index in [0.717, 1.165) is 22.7 Å². The molecule has 0 aliphatic heterocycles. The second-order valence-electron chi connectivity index (χ2n) is 6.56. The summed E-state index contributed by atoms with van der Waals surface area (Å²) in [5.41, 5.74) is 1.14. The first kappa shape index (κ1) is 18.1. The Hall–Kier alpha value is -2.67. The van der Waals surface area contributed by atoms with Crippen LogP contribution in [0.15, 0.2) is 35.3 Å². The molecule has 0 radical (unpaired) electrons. The number of fused-ring (bicyclic) bond motifs is 3. The third-order valence-electron chi connectivity index (χ3n) is 4.26. The molecule has 1 amide bonds. The van der Waals surface area contributed by atoms with E-state index in [2.05, 4.69) is 10.4 Å². The minimum Gasteiger partial charge on any atom is -0.379 e. The summed E-state index contributed by atoms with van der Waals surface area (Å²) in [6, 6.07) is 7.67. The average molecular weight is 356 g/mol. The van der Waals surface area contributed by atoms with Gasteiger partial charge in [-0.1, -0.05) is 18.2 Å². The van der Waals surface area contributed by atoms with E-state index in [9.17, 15) is 9.59 Å². The highest BCUT2D eigenvalue weighted by molar-refractivity contribution is 6.07. The highest BCUT2D eigenvalue weighted by Gasteiger charge is 2.16. The predicted octanol–water partition coefficient (Wildman–Crippen LogP) is 1.82. The van der Waals surface area contributed by atoms with Gasteiger partial charge in [0.15, 0.2) is 0 Å². The Labute approximate surface area is 151 Å². The number of carbonyl (C=O) groups excluding carboxylic acids is 1. The summed E-state index contributed by atoms with van der Waals surface area (Å²) in [7, 11) is 1.61. The van der Waals surface area contributed by atoms with Crippen molar-refractivity contribution in [2.45, 2.75) is 32.9 Å². The van der Waals surface area contributed by atoms with E-state index in [1.807, 2.05) is 38.1 Å². The number of carbonyl (C=O) groups is 1. The number of benzene rings is 1. The molecule has 3 rings (SSSR count). The average Bonchev–Trinajstić information content (AvgIpc) is 2.92. The molecule has 0 spiro atoms. The van der Waals surface area contributed by atoms with Crippen LogP contribution in [0.1, 0.15) is 20.3 Å². The Balaban J connectivity index is 1.83. The molecule has 3 aromatic rings. The van der Waals surface area contributed by atoms with Crippen LogP contribution in [-0.2, 0) is 23.1 Å². The normalized spacial score (nSPS) is 11.5. The zero-order valence-corrected chi connectivity index (χ0v) is 15.4. The lowest BCUT2D eigenvalue weighted by Gasteiger charge is -2.10. The number of hydrogen-bond donors (Lipinski definition) is 1. The summed E-state index contributed by atoms with van der Waals surface area (Å²) >= 11 is 0. The zero-order valence-electron chi connectivity index (χ0n) is 15.4. The fourth-order valence-corrected chi connectivity index (χ4v) is 3.02. The molecule has 0 bridgehead atoms. The molecule has 0 fully saturated rings. The summed E-state index contributed by atoms with van der Waals surface area (Å²) in [4.78, 5) is 25.0. The minimum absolute atomic E-state index is 0.0916. The van der Waals surface area contributed by atoms with Crippen molar-refractivity contribution in [3.05, 3.63) is 40.8 Å². The number of nitrogens with zero attached hydrogens (tertiary/aromatic N) is 3. The first-order valence-corrected chi connectivity index (χ1v) is 8.80. The van der Waals surface area contributed by atoms with Crippen LogP contribution < -0.4 is 10.9 Å². The predicted molar refractivity (Wildman–Crippen MR) is 101 cm³/mol. The van der Waals surface area contributed by atoms with E-state index in [1.165, 1.54) is 4.68 Å². The number of para-hydroxylation sites is 1. The fourth-order valence-electron chi connectivity index (χ4n) is 3.02. The Bertz CT molecular complexity index is 988. The highest BCUT2D eigenvalue weighted by atomic mass is 16.5. The molecule has 1 aromatic carbocycles. The molecular formula is C19H24N4O3. The lowest BCUT2D eigenvalue weighted by Crippen LogP contribution is -2.30. The van der Waals surface area contributed by atoms with Gasteiger partial charge in [0.25, 0.3) is 5.56 Å². The Kier molecular flexibility index (Phi) is 5.37. The van der Waals surface area contributed by atoms with Crippen molar-refractivity contribution < 1.29 is 9.53 Å². The summed E-state index contributed by atoms with van der Waals surface area (Å²) in [5.74, 6) is -0.129. The SMILES string of the molecule is CC(C)OCCCNC(=O)Cn1c2ccccc2c2cnn(C)c(=O)c21. The summed E-state index contributed by atoms with van der Waals surface area (Å²) < 4.78 is 8.53. The first-order valence-electron chi connectivity index (χ1n) is 8.80. The standard InChI is InChI=1S/C19H24N4O3/c1-13(2)26-10-6-9-20-17(24)12-23-16-8-5-4-7-14(16)15-11-21-22(3)19(25)18(15)23/h4-5,7-8,11,13H,6,9-10,12H2,1-3H3,(H,20,24). The van der Waals surface area contributed by atoms with Gasteiger partial charge in [0.1, 0.15) is 12.1 Å². The number of aryl methyl sites for hydroxylation is 1. The van der Waals surface area contributed by atoms with Crippen molar-refractivity contribution in [3.8, 4) is 0 Å². The summed E-state index contributed by atoms with van der Waals surface area (Å²) in [6.07, 6.45) is 2.62. The maximum atomic E-state index is 12.6. The number of amides is 1. The monoisotopic (exact) mass is 356 g/mol. The molecule has 2 heterocycles. The van der Waals surface area contributed by atoms with Crippen molar-refractivity contribution in [2.75, 3.05) is 13.2 Å². The third kappa shape index (κ3) is 3.62. The van der Waals surface area contributed by atoms with Crippen molar-refractivity contribution in [3.63, 3.8) is 0 Å². The van der Waals surface area contributed by atoms with Gasteiger partial charge >= 0.3 is 0 Å². The van der Waals surface area contributed by atoms with Gasteiger partial charge in [-0.25, -0.2) is 4.68 Å². The molecule has 7 nitrogen and oxygen atoms in total. The van der Waals surface area contributed by atoms with Crippen molar-refractivity contribution in [1.29, 1.82) is 0 Å². The highest BCUT2D eigenvalue weighted by Crippen LogP contribution is 2.25. The molecule has 0 atom stereocenters. The molecule has 0 saturated carbocycles. The molecule has 2 aromatic heterocycles. The van der Waals surface area contributed by atoms with E-state index in [0.29, 0.717) is 18.7 Å². The first-order chi connectivity index (χ1) is 12.5. The maximum Gasteiger partial charge on any atom is 0.291 e. The Morgan fingerprint density at radius 1 is 1.27 bits per heavy atom. The molecule has 0 unspecified atom stereocenters. The summed E-state index contributed by atoms with van der Waals surface area (Å²) in [5, 5.41) is 8.69. The van der Waals surface area contributed by atoms with Crippen LogP contribution in [-0.4, -0.2) is 39.5 Å². The van der Waals surface area contributed by atoms with Gasteiger partial charge in [-0.2, -0.15) is 5.10 Å². The molecule has 7 heteroatoms. The van der Waals surface area contributed by atoms with E-state index >= 15 is 0 Å². The molecule has 0 aliphatic carbocycles. The molecular weight excluding hydrogens is 332 g/mol. The number of hydrogen-bond acceptors (Lipinski definition) is 4. The molecule has 26 heavy (non-hydrogen) atoms. The van der Waals surface area contributed by atoms with Gasteiger partial charge < -0.3 is 14.6 Å². The van der Waals surface area contributed by atoms with Crippen LogP contribution in [0.25, 0.3) is 21.8 Å². The van der Waals surface area contributed by atoms with E-state index in [1.54, 1.807) is 17.8 Å². The Morgan fingerprint density at radius 2 is 2.04 bits per heavy atom. The van der Waals surface area contributed by atoms with E-state index in [-0.39, 0.29) is 24.1 Å². The van der Waals surface area contributed by atoms with E-state index in [4.69, 9.17) is 4.74 Å². The van der Waals surface area contributed by atoms with Crippen molar-refractivity contribution in [1.82, 2.24) is 19.7 Å². The fraction of sp³-hybridized carbons (Fsp3) is 0.421. The smallest absolute Gasteiger partial charge is 0.291 e. The van der Waals surface area contributed by atoms with Crippen LogP contribution >= 0.6 is 0 Å². The third-order valence-corrected chi connectivity index (χ3v) is 4.26. The number of rotatable bonds is 7. The van der Waals surface area contributed by atoms with Gasteiger partial charge in [0.05, 0.1) is 12.3 Å². The molecule has 138 valence electrons. The molecule has 0 aliphatic rings. The van der Waals surface area contributed by atoms with Crippen LogP contribution in [0.2, 0.25) is 0 Å². The number of nitrogens with one attached hydrogen (secondary N) is 1. The van der Waals surface area contributed by atoms with Crippen LogP contribution in [0.3, 0.4) is 0 Å². The quantitative estimate of drug-likeness (QED) is 0.655. The molecule has 0 saturated heterocycles. The largest absolute Gasteiger partial charge is 0.379 e. The topological polar surface area (TPSA) is 78.2 Å². The van der Waals surface area contributed by atoms with Gasteiger partial charge in [0.2, 0.25) is 5.91 Å². The van der Waals surface area contributed by atoms with Gasteiger partial charge in [-0.15, -0.1) is 0 Å². The zero-order chi connectivity index (χ0) is 18.7. The minimum atomic E-state index is -0.211. The van der Waals surface area contributed by atoms with Crippen molar-refractivity contribution >= 4 is 27.7 Å². The second-order valence-corrected chi connectivity index (χ2v) is 6.56. The number of aromatic nitrogens is 3. The summed E-state index contributed by atoms with van der Waals surface area (Å²) in [6.45, 7) is 5.21. The lowest BCUT2D eigenvalue weighted by molar-refractivity contribution is -0.121. The second kappa shape index (κ2) is 7.70. The number of ether oxygens (including phenoxy) is 1. The molecule has 1 N–H and O–H groups in total. The van der Waals surface area contributed by atoms with Gasteiger partial charge in [-0.3, -0.25) is 9.59 Å².